The number of halogens is 1. The third kappa shape index (κ3) is 2.94. The molecule has 0 aliphatic carbocycles. The smallest absolute Gasteiger partial charge is 0.158 e. The first kappa shape index (κ1) is 14.9. The fourth-order valence-corrected chi connectivity index (χ4v) is 3.37. The van der Waals surface area contributed by atoms with E-state index in [1.165, 1.54) is 19.3 Å². The zero-order chi connectivity index (χ0) is 14.8. The first-order valence-corrected chi connectivity index (χ1v) is 8.30. The molecule has 1 saturated heterocycles. The Bertz CT molecular complexity index is 613. The van der Waals surface area contributed by atoms with E-state index in [1.54, 1.807) is 0 Å². The predicted molar refractivity (Wildman–Crippen MR) is 83.9 cm³/mol. The van der Waals surface area contributed by atoms with Gasteiger partial charge in [0.2, 0.25) is 0 Å². The lowest BCUT2D eigenvalue weighted by molar-refractivity contribution is 0.00883. The minimum atomic E-state index is 0.384. The second-order valence-corrected chi connectivity index (χ2v) is 6.16. The van der Waals surface area contributed by atoms with Gasteiger partial charge in [-0.15, -0.1) is 11.6 Å². The number of hydrogen-bond donors (Lipinski definition) is 0. The van der Waals surface area contributed by atoms with E-state index in [1.807, 2.05) is 18.7 Å². The summed E-state index contributed by atoms with van der Waals surface area (Å²) in [7, 11) is 1.98. The van der Waals surface area contributed by atoms with Gasteiger partial charge in [-0.2, -0.15) is 5.10 Å². The van der Waals surface area contributed by atoms with Gasteiger partial charge in [0.1, 0.15) is 11.3 Å². The van der Waals surface area contributed by atoms with Gasteiger partial charge in [-0.25, -0.2) is 4.98 Å². The molecule has 0 spiro atoms. The summed E-state index contributed by atoms with van der Waals surface area (Å²) in [4.78, 5) is 4.74. The Morgan fingerprint density at radius 1 is 1.38 bits per heavy atom. The van der Waals surface area contributed by atoms with Crippen LogP contribution in [0.2, 0.25) is 0 Å². The zero-order valence-corrected chi connectivity index (χ0v) is 13.6. The van der Waals surface area contributed by atoms with Crippen molar-refractivity contribution in [2.24, 2.45) is 7.05 Å². The predicted octanol–water partition coefficient (Wildman–Crippen LogP) is 2.82. The number of aryl methyl sites for hydroxylation is 4. The molecule has 1 atom stereocenters. The monoisotopic (exact) mass is 310 g/mol. The van der Waals surface area contributed by atoms with E-state index in [-0.39, 0.29) is 0 Å². The van der Waals surface area contributed by atoms with Crippen molar-refractivity contribution in [3.05, 3.63) is 11.5 Å². The molecule has 6 heteroatoms. The lowest BCUT2D eigenvalue weighted by Gasteiger charge is -2.23. The van der Waals surface area contributed by atoms with Crippen LogP contribution in [0.4, 0.5) is 0 Å². The second kappa shape index (κ2) is 6.36. The highest BCUT2D eigenvalue weighted by molar-refractivity contribution is 6.17. The van der Waals surface area contributed by atoms with Crippen molar-refractivity contribution >= 4 is 22.8 Å². The maximum absolute atomic E-state index is 5.93. The highest BCUT2D eigenvalue weighted by atomic mass is 35.5. The fraction of sp³-hybridized carbons (Fsp3) is 0.733. The molecular weight excluding hydrogens is 288 g/mol. The van der Waals surface area contributed by atoms with Gasteiger partial charge in [-0.1, -0.05) is 0 Å². The molecule has 1 fully saturated rings. The van der Waals surface area contributed by atoms with Crippen molar-refractivity contribution < 1.29 is 4.74 Å². The average Bonchev–Trinajstić information content (AvgIpc) is 2.97. The molecule has 0 N–H and O–H groups in total. The van der Waals surface area contributed by atoms with E-state index in [0.29, 0.717) is 12.0 Å². The molecule has 3 rings (SSSR count). The van der Waals surface area contributed by atoms with Crippen LogP contribution in [0.25, 0.3) is 11.2 Å². The number of alkyl halides is 1. The van der Waals surface area contributed by atoms with E-state index >= 15 is 0 Å². The topological polar surface area (TPSA) is 44.9 Å². The molecule has 1 aliphatic heterocycles. The average molecular weight is 311 g/mol. The molecular formula is C15H23ClN4O. The van der Waals surface area contributed by atoms with Crippen LogP contribution < -0.4 is 0 Å². The first-order valence-electron chi connectivity index (χ1n) is 7.77. The molecule has 5 nitrogen and oxygen atoms in total. The summed E-state index contributed by atoms with van der Waals surface area (Å²) in [6, 6.07) is 0. The molecule has 0 radical (unpaired) electrons. The van der Waals surface area contributed by atoms with Crippen LogP contribution in [0.15, 0.2) is 0 Å². The molecule has 2 aromatic rings. The standard InChI is InChI=1S/C15H23ClN4O/c1-11-14-15(19(2)18-11)20(13(17-14)6-8-16)9-7-12-5-3-4-10-21-12/h12H,3-10H2,1-2H3. The maximum atomic E-state index is 5.93. The quantitative estimate of drug-likeness (QED) is 0.798. The van der Waals surface area contributed by atoms with Crippen LogP contribution >= 0.6 is 11.6 Å². The van der Waals surface area contributed by atoms with Crippen LogP contribution in [0.1, 0.15) is 37.2 Å². The lowest BCUT2D eigenvalue weighted by Crippen LogP contribution is -2.21. The summed E-state index contributed by atoms with van der Waals surface area (Å²) in [5.74, 6) is 1.65. The molecule has 116 valence electrons. The summed E-state index contributed by atoms with van der Waals surface area (Å²) < 4.78 is 10.0. The number of hydrogen-bond acceptors (Lipinski definition) is 3. The van der Waals surface area contributed by atoms with Gasteiger partial charge in [-0.05, 0) is 32.6 Å². The molecule has 1 aliphatic rings. The van der Waals surface area contributed by atoms with Crippen LogP contribution in [0.3, 0.4) is 0 Å². The van der Waals surface area contributed by atoms with Gasteiger partial charge in [-0.3, -0.25) is 4.68 Å². The van der Waals surface area contributed by atoms with Gasteiger partial charge in [0, 0.05) is 32.5 Å². The van der Waals surface area contributed by atoms with E-state index in [2.05, 4.69) is 9.67 Å². The number of aromatic nitrogens is 4. The van der Waals surface area contributed by atoms with E-state index in [0.717, 1.165) is 48.7 Å². The molecule has 1 unspecified atom stereocenters. The number of rotatable bonds is 5. The lowest BCUT2D eigenvalue weighted by atomic mass is 10.1. The Morgan fingerprint density at radius 2 is 2.24 bits per heavy atom. The number of ether oxygens (including phenoxy) is 1. The largest absolute Gasteiger partial charge is 0.378 e. The van der Waals surface area contributed by atoms with Crippen molar-refractivity contribution in [2.75, 3.05) is 12.5 Å². The van der Waals surface area contributed by atoms with E-state index in [9.17, 15) is 0 Å². The first-order chi connectivity index (χ1) is 10.2. The SMILES string of the molecule is Cc1nn(C)c2c1nc(CCCl)n2CCC1CCCCO1. The summed E-state index contributed by atoms with van der Waals surface area (Å²) in [6.07, 6.45) is 5.86. The Kier molecular flexibility index (Phi) is 4.50. The number of nitrogens with zero attached hydrogens (tertiary/aromatic N) is 4. The van der Waals surface area contributed by atoms with Crippen LogP contribution in [-0.2, 0) is 24.8 Å². The van der Waals surface area contributed by atoms with E-state index < -0.39 is 0 Å². The highest BCUT2D eigenvalue weighted by Gasteiger charge is 2.19. The summed E-state index contributed by atoms with van der Waals surface area (Å²) in [6.45, 7) is 3.84. The molecule has 0 bridgehead atoms. The Labute approximate surface area is 130 Å². The Morgan fingerprint density at radius 3 is 2.95 bits per heavy atom. The van der Waals surface area contributed by atoms with Crippen LogP contribution in [0.5, 0.6) is 0 Å². The number of fused-ring (bicyclic) bond motifs is 1. The van der Waals surface area contributed by atoms with Gasteiger partial charge in [0.05, 0.1) is 11.8 Å². The van der Waals surface area contributed by atoms with Crippen LogP contribution in [0, 0.1) is 6.92 Å². The third-order valence-corrected chi connectivity index (χ3v) is 4.42. The van der Waals surface area contributed by atoms with Crippen molar-refractivity contribution in [2.45, 2.75) is 51.7 Å². The number of imidazole rings is 1. The minimum Gasteiger partial charge on any atom is -0.378 e. The van der Waals surface area contributed by atoms with Crippen molar-refractivity contribution in [1.82, 2.24) is 19.3 Å². The normalized spacial score (nSPS) is 19.5. The third-order valence-electron chi connectivity index (χ3n) is 4.24. The highest BCUT2D eigenvalue weighted by Crippen LogP contribution is 2.22. The molecule has 0 amide bonds. The van der Waals surface area contributed by atoms with Gasteiger partial charge < -0.3 is 9.30 Å². The minimum absolute atomic E-state index is 0.384. The van der Waals surface area contributed by atoms with Gasteiger partial charge >= 0.3 is 0 Å². The van der Waals surface area contributed by atoms with Crippen molar-refractivity contribution in [3.8, 4) is 0 Å². The summed E-state index contributed by atoms with van der Waals surface area (Å²) >= 11 is 5.93. The molecule has 3 heterocycles. The van der Waals surface area contributed by atoms with Crippen LogP contribution in [-0.4, -0.2) is 37.9 Å². The molecule has 21 heavy (non-hydrogen) atoms. The van der Waals surface area contributed by atoms with Crippen molar-refractivity contribution in [1.29, 1.82) is 0 Å². The molecule has 0 saturated carbocycles. The second-order valence-electron chi connectivity index (χ2n) is 5.78. The zero-order valence-electron chi connectivity index (χ0n) is 12.8. The maximum Gasteiger partial charge on any atom is 0.158 e. The Hall–Kier alpha value is -1.07. The fourth-order valence-electron chi connectivity index (χ4n) is 3.20. The van der Waals surface area contributed by atoms with Gasteiger partial charge in [0.25, 0.3) is 0 Å². The van der Waals surface area contributed by atoms with Crippen molar-refractivity contribution in [3.63, 3.8) is 0 Å². The van der Waals surface area contributed by atoms with E-state index in [4.69, 9.17) is 21.3 Å². The Balaban J connectivity index is 1.85. The van der Waals surface area contributed by atoms with Gasteiger partial charge in [0.15, 0.2) is 5.65 Å². The molecule has 2 aromatic heterocycles. The summed E-state index contributed by atoms with van der Waals surface area (Å²) in [5.41, 5.74) is 3.08. The molecule has 0 aromatic carbocycles. The summed E-state index contributed by atoms with van der Waals surface area (Å²) in [5, 5.41) is 4.48.